The summed E-state index contributed by atoms with van der Waals surface area (Å²) in [5.41, 5.74) is 0.000957. The zero-order chi connectivity index (χ0) is 21.8. The molecule has 0 aromatic carbocycles. The Morgan fingerprint density at radius 3 is 2.26 bits per heavy atom. The van der Waals surface area contributed by atoms with Gasteiger partial charge in [-0.1, -0.05) is 0 Å². The van der Waals surface area contributed by atoms with Crippen molar-refractivity contribution in [1.29, 1.82) is 0 Å². The molecule has 31 heavy (non-hydrogen) atoms. The van der Waals surface area contributed by atoms with Crippen LogP contribution in [0.3, 0.4) is 0 Å². The lowest BCUT2D eigenvalue weighted by atomic mass is 9.78. The van der Waals surface area contributed by atoms with E-state index in [1.54, 1.807) is 0 Å². The zero-order valence-electron chi connectivity index (χ0n) is 17.8. The molecular weight excluding hydrogens is 411 g/mol. The van der Waals surface area contributed by atoms with Crippen molar-refractivity contribution in [1.82, 2.24) is 20.4 Å². The van der Waals surface area contributed by atoms with Gasteiger partial charge in [-0.25, -0.2) is 0 Å². The molecule has 4 heterocycles. The van der Waals surface area contributed by atoms with Crippen LogP contribution in [0.25, 0.3) is 0 Å². The maximum atomic E-state index is 12.8. The van der Waals surface area contributed by atoms with Gasteiger partial charge in [-0.2, -0.15) is 18.2 Å². The average molecular weight is 441 g/mol. The Kier molecular flexibility index (Phi) is 5.18. The van der Waals surface area contributed by atoms with Gasteiger partial charge in [0.2, 0.25) is 5.91 Å². The lowest BCUT2D eigenvalue weighted by Crippen LogP contribution is -2.55. The number of piperidine rings is 2. The predicted molar refractivity (Wildman–Crippen MR) is 106 cm³/mol. The first kappa shape index (κ1) is 21.0. The van der Waals surface area contributed by atoms with E-state index in [1.165, 1.54) is 6.42 Å². The number of amides is 1. The molecule has 3 aliphatic heterocycles. The van der Waals surface area contributed by atoms with Crippen LogP contribution in [-0.2, 0) is 11.0 Å². The van der Waals surface area contributed by atoms with Gasteiger partial charge in [0.1, 0.15) is 0 Å². The van der Waals surface area contributed by atoms with Gasteiger partial charge < -0.3 is 19.6 Å². The maximum Gasteiger partial charge on any atom is 0.455 e. The minimum atomic E-state index is -4.59. The number of alkyl halides is 3. The molecule has 1 saturated carbocycles. The van der Waals surface area contributed by atoms with E-state index in [2.05, 4.69) is 27.3 Å². The second kappa shape index (κ2) is 7.64. The van der Waals surface area contributed by atoms with Crippen LogP contribution in [0, 0.1) is 5.92 Å². The fourth-order valence-electron chi connectivity index (χ4n) is 5.95. The van der Waals surface area contributed by atoms with Gasteiger partial charge in [0.25, 0.3) is 5.82 Å². The lowest BCUT2D eigenvalue weighted by Gasteiger charge is -2.45. The van der Waals surface area contributed by atoms with Crippen molar-refractivity contribution >= 4 is 11.9 Å². The smallest absolute Gasteiger partial charge is 0.351 e. The summed E-state index contributed by atoms with van der Waals surface area (Å²) in [5, 5.41) is 6.38. The van der Waals surface area contributed by atoms with Crippen LogP contribution in [0.4, 0.5) is 19.2 Å². The zero-order valence-corrected chi connectivity index (χ0v) is 17.8. The molecule has 7 nitrogen and oxygen atoms in total. The van der Waals surface area contributed by atoms with Crippen LogP contribution in [0.15, 0.2) is 4.52 Å². The molecule has 2 bridgehead atoms. The molecule has 10 heteroatoms. The van der Waals surface area contributed by atoms with Crippen LogP contribution in [-0.4, -0.2) is 57.7 Å². The van der Waals surface area contributed by atoms with Crippen LogP contribution in [0.2, 0.25) is 0 Å². The minimum absolute atomic E-state index is 0.000957. The Labute approximate surface area is 179 Å². The Morgan fingerprint density at radius 2 is 1.74 bits per heavy atom. The van der Waals surface area contributed by atoms with Crippen molar-refractivity contribution in [2.45, 2.75) is 94.6 Å². The van der Waals surface area contributed by atoms with E-state index in [-0.39, 0.29) is 35.5 Å². The Bertz CT molecular complexity index is 802. The first-order valence-electron chi connectivity index (χ1n) is 11.5. The number of anilines is 1. The van der Waals surface area contributed by atoms with E-state index < -0.39 is 12.0 Å². The quantitative estimate of drug-likeness (QED) is 0.773. The number of fused-ring (bicyclic) bond motifs is 2. The van der Waals surface area contributed by atoms with Gasteiger partial charge in [-0.15, -0.1) is 0 Å². The van der Waals surface area contributed by atoms with Gasteiger partial charge in [0.15, 0.2) is 0 Å². The highest BCUT2D eigenvalue weighted by atomic mass is 19.4. The predicted octanol–water partition coefficient (Wildman–Crippen LogP) is 3.36. The van der Waals surface area contributed by atoms with Crippen molar-refractivity contribution in [3.05, 3.63) is 5.82 Å². The molecule has 0 radical (unpaired) electrons. The number of aromatic nitrogens is 2. The molecule has 5 rings (SSSR count). The standard InChI is InChI=1S/C21H30F3N5O2/c1-20(7-2-8-20)26-17(30)13-5-9-28(10-6-13)16-11-14-3-4-15(12-16)29(14)19-25-18(27-31-19)21(22,23)24/h13-16H,2-12H2,1H3,(H,26,30). The van der Waals surface area contributed by atoms with E-state index in [9.17, 15) is 18.0 Å². The van der Waals surface area contributed by atoms with E-state index in [0.717, 1.165) is 64.5 Å². The van der Waals surface area contributed by atoms with Crippen molar-refractivity contribution in [2.75, 3.05) is 18.0 Å². The first-order valence-corrected chi connectivity index (χ1v) is 11.5. The molecule has 172 valence electrons. The number of carbonyl (C=O) groups is 1. The normalized spacial score (nSPS) is 31.5. The van der Waals surface area contributed by atoms with E-state index >= 15 is 0 Å². The van der Waals surface area contributed by atoms with Crippen LogP contribution in [0.5, 0.6) is 0 Å². The van der Waals surface area contributed by atoms with E-state index in [0.29, 0.717) is 6.04 Å². The fraction of sp³-hybridized carbons (Fsp3) is 0.857. The molecule has 1 aromatic rings. The summed E-state index contributed by atoms with van der Waals surface area (Å²) in [7, 11) is 0. The van der Waals surface area contributed by atoms with Crippen LogP contribution < -0.4 is 10.2 Å². The first-order chi connectivity index (χ1) is 14.7. The summed E-state index contributed by atoms with van der Waals surface area (Å²) in [5.74, 6) is -0.918. The third kappa shape index (κ3) is 4.03. The number of hydrogen-bond donors (Lipinski definition) is 1. The number of halogens is 3. The highest BCUT2D eigenvalue weighted by Gasteiger charge is 2.47. The van der Waals surface area contributed by atoms with Crippen molar-refractivity contribution < 1.29 is 22.5 Å². The number of rotatable bonds is 4. The second-order valence-electron chi connectivity index (χ2n) is 10.0. The second-order valence-corrected chi connectivity index (χ2v) is 10.0. The molecule has 4 fully saturated rings. The van der Waals surface area contributed by atoms with Gasteiger partial charge in [-0.05, 0) is 83.0 Å². The van der Waals surface area contributed by atoms with Crippen molar-refractivity contribution in [3.8, 4) is 0 Å². The summed E-state index contributed by atoms with van der Waals surface area (Å²) in [6.07, 6.45) is 4.12. The summed E-state index contributed by atoms with van der Waals surface area (Å²) >= 11 is 0. The highest BCUT2D eigenvalue weighted by Crippen LogP contribution is 2.42. The SMILES string of the molecule is CC1(NC(=O)C2CCN(C3CC4CCC(C3)N4c3nc(C(F)(F)F)no3)CC2)CCC1. The topological polar surface area (TPSA) is 74.5 Å². The third-order valence-electron chi connectivity index (χ3n) is 7.90. The van der Waals surface area contributed by atoms with Crippen LogP contribution >= 0.6 is 0 Å². The number of likely N-dealkylation sites (tertiary alicyclic amines) is 1. The molecule has 1 N–H and O–H groups in total. The van der Waals surface area contributed by atoms with E-state index in [1.807, 2.05) is 4.90 Å². The third-order valence-corrected chi connectivity index (χ3v) is 7.90. The molecule has 1 amide bonds. The number of nitrogens with zero attached hydrogens (tertiary/aromatic N) is 4. The van der Waals surface area contributed by atoms with Crippen molar-refractivity contribution in [3.63, 3.8) is 0 Å². The molecule has 2 unspecified atom stereocenters. The van der Waals surface area contributed by atoms with Gasteiger partial charge >= 0.3 is 12.2 Å². The Morgan fingerprint density at radius 1 is 1.10 bits per heavy atom. The molecule has 4 aliphatic rings. The molecule has 2 atom stereocenters. The molecule has 0 spiro atoms. The molecule has 1 aliphatic carbocycles. The lowest BCUT2D eigenvalue weighted by molar-refractivity contribution is -0.146. The fourth-order valence-corrected chi connectivity index (χ4v) is 5.95. The highest BCUT2D eigenvalue weighted by molar-refractivity contribution is 5.79. The number of carbonyl (C=O) groups excluding carboxylic acids is 1. The monoisotopic (exact) mass is 441 g/mol. The Balaban J connectivity index is 1.16. The van der Waals surface area contributed by atoms with Crippen molar-refractivity contribution in [2.24, 2.45) is 5.92 Å². The average Bonchev–Trinajstić information content (AvgIpc) is 3.29. The molecule has 1 aromatic heterocycles. The Hall–Kier alpha value is -1.84. The summed E-state index contributed by atoms with van der Waals surface area (Å²) < 4.78 is 43.5. The summed E-state index contributed by atoms with van der Waals surface area (Å²) in [6.45, 7) is 3.93. The maximum absolute atomic E-state index is 12.8. The summed E-state index contributed by atoms with van der Waals surface area (Å²) in [4.78, 5) is 20.6. The summed E-state index contributed by atoms with van der Waals surface area (Å²) in [6, 6.07) is 0.653. The number of nitrogens with one attached hydrogen (secondary N) is 1. The van der Waals surface area contributed by atoms with Gasteiger partial charge in [0, 0.05) is 29.6 Å². The molecule has 3 saturated heterocycles. The van der Waals surface area contributed by atoms with Crippen LogP contribution in [0.1, 0.15) is 70.5 Å². The van der Waals surface area contributed by atoms with Gasteiger partial charge in [-0.3, -0.25) is 4.79 Å². The molecular formula is C21H30F3N5O2. The number of hydrogen-bond acceptors (Lipinski definition) is 6. The van der Waals surface area contributed by atoms with E-state index in [4.69, 9.17) is 4.52 Å². The van der Waals surface area contributed by atoms with Gasteiger partial charge in [0.05, 0.1) is 0 Å². The minimum Gasteiger partial charge on any atom is -0.351 e. The largest absolute Gasteiger partial charge is 0.455 e.